The molecule has 0 radical (unpaired) electrons. The van der Waals surface area contributed by atoms with E-state index in [0.717, 1.165) is 26.1 Å². The molecule has 4 heteroatoms. The van der Waals surface area contributed by atoms with E-state index in [0.29, 0.717) is 5.92 Å². The van der Waals surface area contributed by atoms with Gasteiger partial charge in [-0.05, 0) is 29.9 Å². The molecule has 2 N–H and O–H groups in total. The second-order valence-electron chi connectivity index (χ2n) is 7.06. The van der Waals surface area contributed by atoms with Crippen LogP contribution in [0, 0.1) is 11.3 Å². The summed E-state index contributed by atoms with van der Waals surface area (Å²) in [6.07, 6.45) is 0.131. The minimum Gasteiger partial charge on any atom is -0.465 e. The molecule has 1 fully saturated rings. The smallest absolute Gasteiger partial charge is 0.404 e. The van der Waals surface area contributed by atoms with Crippen molar-refractivity contribution in [3.8, 4) is 0 Å². The van der Waals surface area contributed by atoms with Gasteiger partial charge in [-0.3, -0.25) is 4.90 Å². The molecule has 0 bridgehead atoms. The average Bonchev–Trinajstić information content (AvgIpc) is 2.84. The molecule has 1 aromatic carbocycles. The van der Waals surface area contributed by atoms with Crippen LogP contribution in [-0.2, 0) is 6.54 Å². The molecule has 1 aliphatic rings. The first kappa shape index (κ1) is 15.8. The fourth-order valence-electron chi connectivity index (χ4n) is 3.29. The van der Waals surface area contributed by atoms with E-state index < -0.39 is 6.09 Å². The molecular formula is C17H26N2O2. The zero-order valence-electron chi connectivity index (χ0n) is 13.2. The van der Waals surface area contributed by atoms with Crippen LogP contribution in [0.2, 0.25) is 0 Å². The molecule has 4 nitrogen and oxygen atoms in total. The lowest BCUT2D eigenvalue weighted by atomic mass is 9.78. The van der Waals surface area contributed by atoms with Crippen LogP contribution in [0.3, 0.4) is 0 Å². The van der Waals surface area contributed by atoms with Gasteiger partial charge in [0.2, 0.25) is 0 Å². The van der Waals surface area contributed by atoms with Crippen molar-refractivity contribution in [2.45, 2.75) is 39.8 Å². The summed E-state index contributed by atoms with van der Waals surface area (Å²) in [6.45, 7) is 9.25. The number of nitrogens with zero attached hydrogens (tertiary/aromatic N) is 1. The van der Waals surface area contributed by atoms with Crippen LogP contribution in [0.15, 0.2) is 30.3 Å². The maximum Gasteiger partial charge on any atom is 0.404 e. The molecule has 1 heterocycles. The SMILES string of the molecule is CC(C)(C)C(NC(=O)O)C1CCN(Cc2ccccc2)C1. The van der Waals surface area contributed by atoms with E-state index in [1.165, 1.54) is 5.56 Å². The summed E-state index contributed by atoms with van der Waals surface area (Å²) in [6, 6.07) is 10.4. The normalized spacial score (nSPS) is 21.2. The molecule has 0 aromatic heterocycles. The van der Waals surface area contributed by atoms with Crippen molar-refractivity contribution < 1.29 is 9.90 Å². The Morgan fingerprint density at radius 2 is 2.05 bits per heavy atom. The molecule has 0 aliphatic carbocycles. The number of hydrogen-bond acceptors (Lipinski definition) is 2. The van der Waals surface area contributed by atoms with Gasteiger partial charge in [0.25, 0.3) is 0 Å². The lowest BCUT2D eigenvalue weighted by molar-refractivity contribution is 0.152. The first-order valence-electron chi connectivity index (χ1n) is 7.62. The maximum absolute atomic E-state index is 11.1. The lowest BCUT2D eigenvalue weighted by Crippen LogP contribution is -2.48. The first-order valence-corrected chi connectivity index (χ1v) is 7.62. The molecule has 1 aliphatic heterocycles. The van der Waals surface area contributed by atoms with E-state index in [1.807, 2.05) is 6.07 Å². The highest BCUT2D eigenvalue weighted by atomic mass is 16.4. The standard InChI is InChI=1S/C17H26N2O2/c1-17(2,3)15(18-16(20)21)14-9-10-19(12-14)11-13-7-5-4-6-8-13/h4-8,14-15,18H,9-12H2,1-3H3,(H,20,21). The Labute approximate surface area is 127 Å². The Morgan fingerprint density at radius 1 is 1.38 bits per heavy atom. The maximum atomic E-state index is 11.1. The van der Waals surface area contributed by atoms with Gasteiger partial charge in [0.15, 0.2) is 0 Å². The summed E-state index contributed by atoms with van der Waals surface area (Å²) in [5.74, 6) is 0.379. The molecule has 1 aromatic rings. The molecule has 1 amide bonds. The summed E-state index contributed by atoms with van der Waals surface area (Å²) in [5.41, 5.74) is 1.25. The highest BCUT2D eigenvalue weighted by Gasteiger charge is 2.37. The molecule has 21 heavy (non-hydrogen) atoms. The quantitative estimate of drug-likeness (QED) is 0.895. The topological polar surface area (TPSA) is 52.6 Å². The average molecular weight is 290 g/mol. The zero-order chi connectivity index (χ0) is 15.5. The second kappa shape index (κ2) is 6.48. The molecule has 0 spiro atoms. The largest absolute Gasteiger partial charge is 0.465 e. The summed E-state index contributed by atoms with van der Waals surface area (Å²) < 4.78 is 0. The fourth-order valence-corrected chi connectivity index (χ4v) is 3.29. The van der Waals surface area contributed by atoms with Gasteiger partial charge in [0, 0.05) is 19.1 Å². The summed E-state index contributed by atoms with van der Waals surface area (Å²) in [7, 11) is 0. The van der Waals surface area contributed by atoms with Gasteiger partial charge in [0.1, 0.15) is 0 Å². The van der Waals surface area contributed by atoms with Crippen LogP contribution in [-0.4, -0.2) is 35.2 Å². The van der Waals surface area contributed by atoms with Crippen LogP contribution in [0.4, 0.5) is 4.79 Å². The zero-order valence-corrected chi connectivity index (χ0v) is 13.2. The number of amides is 1. The molecule has 2 unspecified atom stereocenters. The van der Waals surface area contributed by atoms with Gasteiger partial charge in [0.05, 0.1) is 0 Å². The van der Waals surface area contributed by atoms with Crippen LogP contribution in [0.25, 0.3) is 0 Å². The van der Waals surface area contributed by atoms with E-state index in [2.05, 4.69) is 55.3 Å². The number of hydrogen-bond donors (Lipinski definition) is 2. The lowest BCUT2D eigenvalue weighted by Gasteiger charge is -2.35. The van der Waals surface area contributed by atoms with Crippen molar-refractivity contribution in [1.82, 2.24) is 10.2 Å². The third-order valence-electron chi connectivity index (χ3n) is 4.24. The number of carboxylic acid groups (broad SMARTS) is 1. The van der Waals surface area contributed by atoms with Gasteiger partial charge in [-0.25, -0.2) is 4.79 Å². The summed E-state index contributed by atoms with van der Waals surface area (Å²) in [4.78, 5) is 13.5. The predicted molar refractivity (Wildman–Crippen MR) is 84.2 cm³/mol. The van der Waals surface area contributed by atoms with Gasteiger partial charge >= 0.3 is 6.09 Å². The number of nitrogens with one attached hydrogen (secondary N) is 1. The number of rotatable bonds is 4. The van der Waals surface area contributed by atoms with Crippen LogP contribution in [0.5, 0.6) is 0 Å². The Kier molecular flexibility index (Phi) is 4.88. The second-order valence-corrected chi connectivity index (χ2v) is 7.06. The highest BCUT2D eigenvalue weighted by molar-refractivity contribution is 5.65. The Bertz CT molecular complexity index is 467. The number of likely N-dealkylation sites (tertiary alicyclic amines) is 1. The van der Waals surface area contributed by atoms with Gasteiger partial charge in [-0.1, -0.05) is 51.1 Å². The molecule has 1 saturated heterocycles. The van der Waals surface area contributed by atoms with Crippen LogP contribution in [0.1, 0.15) is 32.8 Å². The Balaban J connectivity index is 1.97. The van der Waals surface area contributed by atoms with Crippen molar-refractivity contribution in [1.29, 1.82) is 0 Å². The van der Waals surface area contributed by atoms with Crippen molar-refractivity contribution >= 4 is 6.09 Å². The fraction of sp³-hybridized carbons (Fsp3) is 0.588. The van der Waals surface area contributed by atoms with E-state index in [9.17, 15) is 4.79 Å². The minimum atomic E-state index is -0.920. The third kappa shape index (κ3) is 4.46. The van der Waals surface area contributed by atoms with Gasteiger partial charge in [-0.2, -0.15) is 0 Å². The minimum absolute atomic E-state index is 0.00391. The Morgan fingerprint density at radius 3 is 2.62 bits per heavy atom. The summed E-state index contributed by atoms with van der Waals surface area (Å²) >= 11 is 0. The Hall–Kier alpha value is -1.55. The van der Waals surface area contributed by atoms with E-state index in [-0.39, 0.29) is 11.5 Å². The van der Waals surface area contributed by atoms with Crippen molar-refractivity contribution in [3.63, 3.8) is 0 Å². The molecule has 2 rings (SSSR count). The number of carbonyl (C=O) groups is 1. The van der Waals surface area contributed by atoms with Crippen LogP contribution < -0.4 is 5.32 Å². The summed E-state index contributed by atoms with van der Waals surface area (Å²) in [5, 5.41) is 11.8. The highest BCUT2D eigenvalue weighted by Crippen LogP contribution is 2.31. The van der Waals surface area contributed by atoms with E-state index >= 15 is 0 Å². The number of benzene rings is 1. The first-order chi connectivity index (χ1) is 9.86. The molecule has 2 atom stereocenters. The van der Waals surface area contributed by atoms with Crippen molar-refractivity contribution in [2.24, 2.45) is 11.3 Å². The van der Waals surface area contributed by atoms with Gasteiger partial charge in [-0.15, -0.1) is 0 Å². The predicted octanol–water partition coefficient (Wildman–Crippen LogP) is 3.19. The van der Waals surface area contributed by atoms with Crippen LogP contribution >= 0.6 is 0 Å². The van der Waals surface area contributed by atoms with Crippen molar-refractivity contribution in [2.75, 3.05) is 13.1 Å². The van der Waals surface area contributed by atoms with Gasteiger partial charge < -0.3 is 10.4 Å². The van der Waals surface area contributed by atoms with E-state index in [4.69, 9.17) is 5.11 Å². The molecule has 116 valence electrons. The van der Waals surface area contributed by atoms with E-state index in [1.54, 1.807) is 0 Å². The molecule has 0 saturated carbocycles. The van der Waals surface area contributed by atoms with Crippen molar-refractivity contribution in [3.05, 3.63) is 35.9 Å². The third-order valence-corrected chi connectivity index (χ3v) is 4.24. The molecular weight excluding hydrogens is 264 g/mol. The monoisotopic (exact) mass is 290 g/mol.